The van der Waals surface area contributed by atoms with E-state index in [0.717, 1.165) is 11.6 Å². The van der Waals surface area contributed by atoms with Crippen LogP contribution in [0.1, 0.15) is 39.0 Å². The van der Waals surface area contributed by atoms with Crippen molar-refractivity contribution in [3.8, 4) is 5.69 Å². The Morgan fingerprint density at radius 1 is 1.20 bits per heavy atom. The van der Waals surface area contributed by atoms with Gasteiger partial charge in [0.05, 0.1) is 5.69 Å². The standard InChI is InChI=1S/C17H23N3/c1-2-14-6-3-4-7-17(14)19-15-8-10-16(11-9-15)20-13-5-12-18-20/h5,8-14,17,19H,2-4,6-7H2,1H3. The average Bonchev–Trinajstić information content (AvgIpc) is 3.03. The Hall–Kier alpha value is -1.77. The van der Waals surface area contributed by atoms with Crippen molar-refractivity contribution in [2.45, 2.75) is 45.1 Å². The van der Waals surface area contributed by atoms with Gasteiger partial charge < -0.3 is 5.32 Å². The van der Waals surface area contributed by atoms with Crippen LogP contribution in [0.2, 0.25) is 0 Å². The maximum atomic E-state index is 4.25. The average molecular weight is 269 g/mol. The van der Waals surface area contributed by atoms with Gasteiger partial charge in [-0.2, -0.15) is 5.10 Å². The maximum absolute atomic E-state index is 4.25. The lowest BCUT2D eigenvalue weighted by Crippen LogP contribution is -2.31. The van der Waals surface area contributed by atoms with Crippen LogP contribution in [0.25, 0.3) is 5.69 Å². The maximum Gasteiger partial charge on any atom is 0.0647 e. The lowest BCUT2D eigenvalue weighted by molar-refractivity contribution is 0.317. The summed E-state index contributed by atoms with van der Waals surface area (Å²) in [7, 11) is 0. The van der Waals surface area contributed by atoms with Crippen molar-refractivity contribution in [1.29, 1.82) is 0 Å². The van der Waals surface area contributed by atoms with E-state index in [4.69, 9.17) is 0 Å². The van der Waals surface area contributed by atoms with Crippen LogP contribution >= 0.6 is 0 Å². The van der Waals surface area contributed by atoms with Crippen molar-refractivity contribution in [3.05, 3.63) is 42.7 Å². The summed E-state index contributed by atoms with van der Waals surface area (Å²) in [5.41, 5.74) is 2.34. The first kappa shape index (κ1) is 13.2. The molecule has 0 spiro atoms. The Morgan fingerprint density at radius 2 is 2.00 bits per heavy atom. The van der Waals surface area contributed by atoms with Gasteiger partial charge in [-0.1, -0.05) is 26.2 Å². The van der Waals surface area contributed by atoms with E-state index in [9.17, 15) is 0 Å². The molecule has 0 amide bonds. The van der Waals surface area contributed by atoms with E-state index < -0.39 is 0 Å². The topological polar surface area (TPSA) is 29.9 Å². The summed E-state index contributed by atoms with van der Waals surface area (Å²) in [4.78, 5) is 0. The van der Waals surface area contributed by atoms with Crippen LogP contribution in [-0.4, -0.2) is 15.8 Å². The largest absolute Gasteiger partial charge is 0.382 e. The number of benzene rings is 1. The monoisotopic (exact) mass is 269 g/mol. The highest BCUT2D eigenvalue weighted by Crippen LogP contribution is 2.29. The Labute approximate surface area is 121 Å². The first-order valence-corrected chi connectivity index (χ1v) is 7.73. The predicted molar refractivity (Wildman–Crippen MR) is 83.2 cm³/mol. The van der Waals surface area contributed by atoms with Gasteiger partial charge in [-0.05, 0) is 49.1 Å². The molecule has 0 bridgehead atoms. The molecule has 2 aromatic rings. The molecule has 1 heterocycles. The molecule has 1 aliphatic rings. The third-order valence-electron chi connectivity index (χ3n) is 4.42. The van der Waals surface area contributed by atoms with Gasteiger partial charge in [0.2, 0.25) is 0 Å². The van der Waals surface area contributed by atoms with Crippen LogP contribution in [0.3, 0.4) is 0 Å². The zero-order valence-electron chi connectivity index (χ0n) is 12.1. The molecule has 2 atom stereocenters. The summed E-state index contributed by atoms with van der Waals surface area (Å²) in [6, 6.07) is 11.2. The number of rotatable bonds is 4. The van der Waals surface area contributed by atoms with E-state index in [0.29, 0.717) is 6.04 Å². The van der Waals surface area contributed by atoms with E-state index in [-0.39, 0.29) is 0 Å². The van der Waals surface area contributed by atoms with E-state index in [1.807, 2.05) is 16.9 Å². The first-order chi connectivity index (χ1) is 9.86. The van der Waals surface area contributed by atoms with Gasteiger partial charge in [-0.15, -0.1) is 0 Å². The van der Waals surface area contributed by atoms with Crippen LogP contribution in [0.4, 0.5) is 5.69 Å². The van der Waals surface area contributed by atoms with Gasteiger partial charge in [0.15, 0.2) is 0 Å². The number of nitrogens with one attached hydrogen (secondary N) is 1. The van der Waals surface area contributed by atoms with Crippen LogP contribution in [0, 0.1) is 5.92 Å². The number of aromatic nitrogens is 2. The highest BCUT2D eigenvalue weighted by Gasteiger charge is 2.23. The van der Waals surface area contributed by atoms with Gasteiger partial charge in [0, 0.05) is 24.1 Å². The highest BCUT2D eigenvalue weighted by molar-refractivity contribution is 5.49. The molecule has 106 valence electrons. The Balaban J connectivity index is 1.68. The highest BCUT2D eigenvalue weighted by atomic mass is 15.3. The minimum Gasteiger partial charge on any atom is -0.382 e. The molecule has 1 aromatic carbocycles. The normalized spacial score (nSPS) is 22.6. The second kappa shape index (κ2) is 6.12. The molecular weight excluding hydrogens is 246 g/mol. The fraction of sp³-hybridized carbons (Fsp3) is 0.471. The van der Waals surface area contributed by atoms with Crippen LogP contribution < -0.4 is 5.32 Å². The third-order valence-corrected chi connectivity index (χ3v) is 4.42. The summed E-state index contributed by atoms with van der Waals surface area (Å²) in [6.07, 6.45) is 10.5. The Kier molecular flexibility index (Phi) is 4.05. The molecule has 1 aromatic heterocycles. The van der Waals surface area contributed by atoms with Gasteiger partial charge in [-0.3, -0.25) is 0 Å². The molecular formula is C17H23N3. The van der Waals surface area contributed by atoms with E-state index in [2.05, 4.69) is 41.6 Å². The molecule has 1 aliphatic carbocycles. The van der Waals surface area contributed by atoms with Crippen molar-refractivity contribution in [1.82, 2.24) is 9.78 Å². The Bertz CT molecular complexity index is 516. The minimum atomic E-state index is 0.643. The third kappa shape index (κ3) is 2.87. The molecule has 1 saturated carbocycles. The summed E-state index contributed by atoms with van der Waals surface area (Å²) in [5.74, 6) is 0.828. The number of hydrogen-bond acceptors (Lipinski definition) is 2. The fourth-order valence-electron chi connectivity index (χ4n) is 3.23. The van der Waals surface area contributed by atoms with E-state index >= 15 is 0 Å². The van der Waals surface area contributed by atoms with Crippen molar-refractivity contribution in [2.24, 2.45) is 5.92 Å². The molecule has 3 rings (SSSR count). The second-order valence-corrected chi connectivity index (χ2v) is 5.70. The quantitative estimate of drug-likeness (QED) is 0.899. The molecule has 3 heteroatoms. The zero-order valence-corrected chi connectivity index (χ0v) is 12.1. The van der Waals surface area contributed by atoms with Crippen molar-refractivity contribution in [2.75, 3.05) is 5.32 Å². The first-order valence-electron chi connectivity index (χ1n) is 7.73. The second-order valence-electron chi connectivity index (χ2n) is 5.70. The molecule has 3 nitrogen and oxygen atoms in total. The summed E-state index contributed by atoms with van der Waals surface area (Å²) in [5, 5.41) is 7.98. The smallest absolute Gasteiger partial charge is 0.0647 e. The molecule has 1 N–H and O–H groups in total. The van der Waals surface area contributed by atoms with Gasteiger partial charge in [-0.25, -0.2) is 4.68 Å². The van der Waals surface area contributed by atoms with E-state index in [1.54, 1.807) is 6.20 Å². The summed E-state index contributed by atoms with van der Waals surface area (Å²) >= 11 is 0. The van der Waals surface area contributed by atoms with Gasteiger partial charge in [0.25, 0.3) is 0 Å². The number of hydrogen-bond donors (Lipinski definition) is 1. The van der Waals surface area contributed by atoms with Crippen molar-refractivity contribution < 1.29 is 0 Å². The van der Waals surface area contributed by atoms with Gasteiger partial charge in [0.1, 0.15) is 0 Å². The van der Waals surface area contributed by atoms with Crippen LogP contribution in [0.15, 0.2) is 42.7 Å². The lowest BCUT2D eigenvalue weighted by Gasteiger charge is -2.32. The SMILES string of the molecule is CCC1CCCCC1Nc1ccc(-n2cccn2)cc1. The minimum absolute atomic E-state index is 0.643. The van der Waals surface area contributed by atoms with E-state index in [1.165, 1.54) is 37.8 Å². The van der Waals surface area contributed by atoms with Crippen molar-refractivity contribution in [3.63, 3.8) is 0 Å². The lowest BCUT2D eigenvalue weighted by atomic mass is 9.83. The molecule has 0 aliphatic heterocycles. The predicted octanol–water partition coefficient (Wildman–Crippen LogP) is 4.25. The van der Waals surface area contributed by atoms with Gasteiger partial charge >= 0.3 is 0 Å². The van der Waals surface area contributed by atoms with Crippen LogP contribution in [-0.2, 0) is 0 Å². The molecule has 0 saturated heterocycles. The zero-order chi connectivity index (χ0) is 13.8. The molecule has 2 unspecified atom stereocenters. The molecule has 0 radical (unpaired) electrons. The van der Waals surface area contributed by atoms with Crippen molar-refractivity contribution >= 4 is 5.69 Å². The Morgan fingerprint density at radius 3 is 2.70 bits per heavy atom. The number of nitrogens with zero attached hydrogens (tertiary/aromatic N) is 2. The summed E-state index contributed by atoms with van der Waals surface area (Å²) < 4.78 is 1.89. The fourth-order valence-corrected chi connectivity index (χ4v) is 3.23. The number of anilines is 1. The molecule has 1 fully saturated rings. The van der Waals surface area contributed by atoms with Crippen LogP contribution in [0.5, 0.6) is 0 Å². The summed E-state index contributed by atoms with van der Waals surface area (Å²) in [6.45, 7) is 2.31. The molecule has 20 heavy (non-hydrogen) atoms.